The molecule has 0 bridgehead atoms. The molecule has 4 rings (SSSR count). The molecule has 192 valence electrons. The molecule has 0 unspecified atom stereocenters. The molecule has 4 aromatic rings. The van der Waals surface area contributed by atoms with Gasteiger partial charge in [-0.2, -0.15) is 0 Å². The Morgan fingerprint density at radius 2 is 1.84 bits per heavy atom. The Balaban J connectivity index is 1.56. The van der Waals surface area contributed by atoms with Gasteiger partial charge in [0.05, 0.1) is 27.4 Å². The molecule has 0 aliphatic carbocycles. The molecule has 2 aromatic heterocycles. The van der Waals surface area contributed by atoms with Crippen LogP contribution in [0.1, 0.15) is 32.0 Å². The Kier molecular flexibility index (Phi) is 8.05. The highest BCUT2D eigenvalue weighted by Crippen LogP contribution is 2.40. The number of methoxy groups -OCH3 is 2. The average Bonchev–Trinajstić information content (AvgIpc) is 3.35. The first kappa shape index (κ1) is 26.1. The Morgan fingerprint density at radius 1 is 1.03 bits per heavy atom. The second-order valence-electron chi connectivity index (χ2n) is 8.35. The molecule has 0 saturated carbocycles. The summed E-state index contributed by atoms with van der Waals surface area (Å²) in [6.45, 7) is 3.66. The van der Waals surface area contributed by atoms with Crippen LogP contribution in [0.25, 0.3) is 21.3 Å². The van der Waals surface area contributed by atoms with Crippen LogP contribution in [-0.2, 0) is 0 Å². The van der Waals surface area contributed by atoms with Gasteiger partial charge in [-0.3, -0.25) is 9.59 Å². The number of pyridine rings is 1. The number of ketones is 1. The number of carbonyl (C=O) groups excluding carboxylic acids is 2. The summed E-state index contributed by atoms with van der Waals surface area (Å²) >= 11 is 1.63. The van der Waals surface area contributed by atoms with Gasteiger partial charge < -0.3 is 24.6 Å². The van der Waals surface area contributed by atoms with E-state index >= 15 is 0 Å². The standard InChI is InChI=1S/C28H28N2O6S/c1-16-6-5-7-19-20(15-37-27(16)19)25-26(35-4)17(2)12-21(30-25)22(32)14-29-28(33)18-8-9-23(36-11-10-31)24(13-18)34-3/h5-9,12-13,15,31H,10-11,14H2,1-4H3,(H,29,33). The molecule has 9 heteroatoms. The number of rotatable bonds is 10. The van der Waals surface area contributed by atoms with E-state index in [1.807, 2.05) is 24.4 Å². The number of benzene rings is 2. The Bertz CT molecular complexity index is 1460. The van der Waals surface area contributed by atoms with Crippen molar-refractivity contribution >= 4 is 33.1 Å². The summed E-state index contributed by atoms with van der Waals surface area (Å²) in [5.74, 6) is 0.599. The molecule has 0 saturated heterocycles. The molecule has 0 fully saturated rings. The van der Waals surface area contributed by atoms with Gasteiger partial charge in [0.25, 0.3) is 5.91 Å². The number of fused-ring (bicyclic) bond motifs is 1. The molecule has 0 radical (unpaired) electrons. The molecule has 8 nitrogen and oxygen atoms in total. The van der Waals surface area contributed by atoms with E-state index < -0.39 is 5.91 Å². The van der Waals surface area contributed by atoms with E-state index in [0.29, 0.717) is 28.5 Å². The minimum absolute atomic E-state index is 0.105. The highest BCUT2D eigenvalue weighted by Gasteiger charge is 2.20. The van der Waals surface area contributed by atoms with Crippen molar-refractivity contribution in [2.24, 2.45) is 0 Å². The van der Waals surface area contributed by atoms with E-state index in [2.05, 4.69) is 23.3 Å². The van der Waals surface area contributed by atoms with Crippen LogP contribution < -0.4 is 19.5 Å². The number of nitrogens with zero attached hydrogens (tertiary/aromatic N) is 1. The Labute approximate surface area is 218 Å². The second kappa shape index (κ2) is 11.4. The predicted molar refractivity (Wildman–Crippen MR) is 143 cm³/mol. The zero-order valence-corrected chi connectivity index (χ0v) is 21.9. The van der Waals surface area contributed by atoms with Crippen LogP contribution in [0.3, 0.4) is 0 Å². The SMILES string of the molecule is COc1cc(C(=O)NCC(=O)c2cc(C)c(OC)c(-c3csc4c(C)cccc34)n2)ccc1OCCO. The molecule has 0 aliphatic rings. The number of Topliss-reactive ketones (excluding diaryl/α,β-unsaturated/α-hetero) is 1. The van der Waals surface area contributed by atoms with Gasteiger partial charge in [0.1, 0.15) is 23.7 Å². The molecule has 2 N–H and O–H groups in total. The molecule has 2 heterocycles. The average molecular weight is 521 g/mol. The van der Waals surface area contributed by atoms with E-state index in [1.165, 1.54) is 18.7 Å². The summed E-state index contributed by atoms with van der Waals surface area (Å²) in [6, 6.07) is 12.4. The lowest BCUT2D eigenvalue weighted by molar-refractivity contribution is 0.0902. The molecule has 2 aromatic carbocycles. The third-order valence-corrected chi connectivity index (χ3v) is 7.02. The third-order valence-electron chi connectivity index (χ3n) is 5.88. The molecular weight excluding hydrogens is 492 g/mol. The second-order valence-corrected chi connectivity index (χ2v) is 9.23. The third kappa shape index (κ3) is 5.42. The number of thiophene rings is 1. The topological polar surface area (TPSA) is 107 Å². The fourth-order valence-corrected chi connectivity index (χ4v) is 5.10. The van der Waals surface area contributed by atoms with E-state index in [0.717, 1.165) is 21.2 Å². The van der Waals surface area contributed by atoms with Crippen LogP contribution in [0, 0.1) is 13.8 Å². The maximum absolute atomic E-state index is 13.1. The van der Waals surface area contributed by atoms with Crippen LogP contribution in [-0.4, -0.2) is 55.8 Å². The van der Waals surface area contributed by atoms with Crippen molar-refractivity contribution in [2.75, 3.05) is 34.0 Å². The zero-order chi connectivity index (χ0) is 26.5. The number of aromatic nitrogens is 1. The fourth-order valence-electron chi connectivity index (χ4n) is 4.07. The van der Waals surface area contributed by atoms with E-state index in [9.17, 15) is 9.59 Å². The fraction of sp³-hybridized carbons (Fsp3) is 0.250. The van der Waals surface area contributed by atoms with Crippen molar-refractivity contribution in [1.29, 1.82) is 0 Å². The van der Waals surface area contributed by atoms with E-state index in [-0.39, 0.29) is 31.2 Å². The van der Waals surface area contributed by atoms with Gasteiger partial charge in [0, 0.05) is 26.6 Å². The van der Waals surface area contributed by atoms with Crippen molar-refractivity contribution in [3.63, 3.8) is 0 Å². The largest absolute Gasteiger partial charge is 0.494 e. The number of aliphatic hydroxyl groups excluding tert-OH is 1. The molecule has 0 atom stereocenters. The van der Waals surface area contributed by atoms with Gasteiger partial charge in [-0.05, 0) is 49.2 Å². The summed E-state index contributed by atoms with van der Waals surface area (Å²) in [4.78, 5) is 30.5. The number of aliphatic hydroxyl groups is 1. The molecule has 0 spiro atoms. The van der Waals surface area contributed by atoms with Gasteiger partial charge in [0.2, 0.25) is 0 Å². The van der Waals surface area contributed by atoms with Gasteiger partial charge >= 0.3 is 0 Å². The summed E-state index contributed by atoms with van der Waals surface area (Å²) < 4.78 is 17.5. The minimum Gasteiger partial charge on any atom is -0.494 e. The zero-order valence-electron chi connectivity index (χ0n) is 21.1. The summed E-state index contributed by atoms with van der Waals surface area (Å²) in [5.41, 5.74) is 3.99. The number of hydrogen-bond donors (Lipinski definition) is 2. The minimum atomic E-state index is -0.440. The van der Waals surface area contributed by atoms with Crippen molar-refractivity contribution in [3.05, 3.63) is 70.2 Å². The first-order chi connectivity index (χ1) is 17.9. The molecule has 37 heavy (non-hydrogen) atoms. The number of aryl methyl sites for hydroxylation is 2. The number of nitrogens with one attached hydrogen (secondary N) is 1. The quantitative estimate of drug-likeness (QED) is 0.295. The lowest BCUT2D eigenvalue weighted by atomic mass is 10.0. The van der Waals surface area contributed by atoms with E-state index in [4.69, 9.17) is 19.3 Å². The maximum Gasteiger partial charge on any atom is 0.251 e. The first-order valence-corrected chi connectivity index (χ1v) is 12.5. The van der Waals surface area contributed by atoms with Crippen molar-refractivity contribution in [2.45, 2.75) is 13.8 Å². The molecule has 0 aliphatic heterocycles. The number of carbonyl (C=O) groups is 2. The summed E-state index contributed by atoms with van der Waals surface area (Å²) in [7, 11) is 3.04. The van der Waals surface area contributed by atoms with Crippen molar-refractivity contribution < 1.29 is 28.9 Å². The monoisotopic (exact) mass is 520 g/mol. The number of ether oxygens (including phenoxy) is 3. The van der Waals surface area contributed by atoms with Gasteiger partial charge in [-0.15, -0.1) is 11.3 Å². The predicted octanol–water partition coefficient (Wildman–Crippen LogP) is 4.58. The summed E-state index contributed by atoms with van der Waals surface area (Å²) in [5, 5.41) is 14.7. The highest BCUT2D eigenvalue weighted by atomic mass is 32.1. The number of hydrogen-bond acceptors (Lipinski definition) is 8. The normalized spacial score (nSPS) is 10.8. The Hall–Kier alpha value is -3.95. The van der Waals surface area contributed by atoms with Crippen LogP contribution in [0.2, 0.25) is 0 Å². The molecular formula is C28H28N2O6S. The van der Waals surface area contributed by atoms with Gasteiger partial charge in [0.15, 0.2) is 17.3 Å². The van der Waals surface area contributed by atoms with Crippen molar-refractivity contribution in [1.82, 2.24) is 10.3 Å². The molecule has 1 amide bonds. The van der Waals surface area contributed by atoms with Gasteiger partial charge in [-0.1, -0.05) is 18.2 Å². The van der Waals surface area contributed by atoms with Crippen LogP contribution in [0.4, 0.5) is 0 Å². The number of amides is 1. The van der Waals surface area contributed by atoms with E-state index in [1.54, 1.807) is 36.6 Å². The summed E-state index contributed by atoms with van der Waals surface area (Å²) in [6.07, 6.45) is 0. The van der Waals surface area contributed by atoms with Crippen LogP contribution in [0.5, 0.6) is 17.2 Å². The first-order valence-electron chi connectivity index (χ1n) is 11.6. The van der Waals surface area contributed by atoms with Gasteiger partial charge in [-0.25, -0.2) is 4.98 Å². The smallest absolute Gasteiger partial charge is 0.251 e. The van der Waals surface area contributed by atoms with Crippen molar-refractivity contribution in [3.8, 4) is 28.5 Å². The van der Waals surface area contributed by atoms with Crippen LogP contribution >= 0.6 is 11.3 Å². The maximum atomic E-state index is 13.1. The Morgan fingerprint density at radius 3 is 2.57 bits per heavy atom. The van der Waals surface area contributed by atoms with Crippen LogP contribution in [0.15, 0.2) is 47.8 Å². The lowest BCUT2D eigenvalue weighted by Crippen LogP contribution is -2.30. The lowest BCUT2D eigenvalue weighted by Gasteiger charge is -2.13. The highest BCUT2D eigenvalue weighted by molar-refractivity contribution is 7.18.